The van der Waals surface area contributed by atoms with E-state index in [1.165, 1.54) is 6.20 Å². The highest BCUT2D eigenvalue weighted by Gasteiger charge is 2.09. The summed E-state index contributed by atoms with van der Waals surface area (Å²) in [7, 11) is 0. The number of carbonyl (C=O) groups is 2. The molecular weight excluding hydrogens is 370 g/mol. The van der Waals surface area contributed by atoms with Crippen LogP contribution in [0.2, 0.25) is 0 Å². The maximum atomic E-state index is 12.1. The van der Waals surface area contributed by atoms with Crippen molar-refractivity contribution in [3.8, 4) is 0 Å². The van der Waals surface area contributed by atoms with E-state index in [0.717, 1.165) is 16.5 Å². The maximum Gasteiger partial charge on any atom is 0.253 e. The van der Waals surface area contributed by atoms with E-state index in [2.05, 4.69) is 31.5 Å². The number of benzene rings is 1. The number of hydrogen-bond acceptors (Lipinski definition) is 3. The van der Waals surface area contributed by atoms with Gasteiger partial charge in [-0.2, -0.15) is 0 Å². The monoisotopic (exact) mass is 389 g/mol. The largest absolute Gasteiger partial charge is 0.350 e. The van der Waals surface area contributed by atoms with Crippen LogP contribution in [0.25, 0.3) is 0 Å². The van der Waals surface area contributed by atoms with Gasteiger partial charge >= 0.3 is 0 Å². The van der Waals surface area contributed by atoms with E-state index in [0.29, 0.717) is 17.7 Å². The fraction of sp³-hybridized carbons (Fsp3) is 0.278. The average Bonchev–Trinajstić information content (AvgIpc) is 2.59. The van der Waals surface area contributed by atoms with Crippen LogP contribution in [0.5, 0.6) is 0 Å². The lowest BCUT2D eigenvalue weighted by Crippen LogP contribution is -2.31. The third-order valence-corrected chi connectivity index (χ3v) is 4.06. The van der Waals surface area contributed by atoms with Crippen molar-refractivity contribution in [3.05, 3.63) is 63.9 Å². The number of amides is 2. The highest BCUT2D eigenvalue weighted by atomic mass is 79.9. The lowest BCUT2D eigenvalue weighted by Gasteiger charge is -2.11. The standard InChI is InChI=1S/C18H20BrN3O2/c1-3-12(2)22-18(24)14-6-4-13(5-7-14)9-21-17(23)15-8-16(19)11-20-10-15/h4-8,10-12H,3,9H2,1-2H3,(H,21,23)(H,22,24). The Labute approximate surface area is 150 Å². The molecule has 1 unspecified atom stereocenters. The zero-order chi connectivity index (χ0) is 17.5. The van der Waals surface area contributed by atoms with Crippen molar-refractivity contribution in [3.63, 3.8) is 0 Å². The molecule has 0 aliphatic rings. The van der Waals surface area contributed by atoms with Crippen LogP contribution in [0.3, 0.4) is 0 Å². The van der Waals surface area contributed by atoms with Crippen LogP contribution in [0.1, 0.15) is 46.5 Å². The molecule has 5 nitrogen and oxygen atoms in total. The van der Waals surface area contributed by atoms with Gasteiger partial charge in [0.05, 0.1) is 5.56 Å². The lowest BCUT2D eigenvalue weighted by atomic mass is 10.1. The Morgan fingerprint density at radius 1 is 1.12 bits per heavy atom. The zero-order valence-corrected chi connectivity index (χ0v) is 15.3. The van der Waals surface area contributed by atoms with E-state index in [1.807, 2.05) is 26.0 Å². The molecule has 0 aliphatic carbocycles. The average molecular weight is 390 g/mol. The van der Waals surface area contributed by atoms with Gasteiger partial charge < -0.3 is 10.6 Å². The number of nitrogens with zero attached hydrogens (tertiary/aromatic N) is 1. The predicted octanol–water partition coefficient (Wildman–Crippen LogP) is 3.30. The summed E-state index contributed by atoms with van der Waals surface area (Å²) in [5, 5.41) is 5.75. The minimum Gasteiger partial charge on any atom is -0.350 e. The highest BCUT2D eigenvalue weighted by molar-refractivity contribution is 9.10. The molecule has 2 amide bonds. The van der Waals surface area contributed by atoms with Crippen molar-refractivity contribution < 1.29 is 9.59 Å². The summed E-state index contributed by atoms with van der Waals surface area (Å²) in [5.41, 5.74) is 2.03. The summed E-state index contributed by atoms with van der Waals surface area (Å²) in [6.07, 6.45) is 4.03. The molecule has 6 heteroatoms. The molecule has 2 N–H and O–H groups in total. The Bertz CT molecular complexity index is 716. The van der Waals surface area contributed by atoms with E-state index in [4.69, 9.17) is 0 Å². The first-order valence-corrected chi connectivity index (χ1v) is 8.57. The molecule has 0 saturated carbocycles. The van der Waals surface area contributed by atoms with Crippen LogP contribution in [0, 0.1) is 0 Å². The zero-order valence-electron chi connectivity index (χ0n) is 13.7. The molecule has 1 heterocycles. The van der Waals surface area contributed by atoms with Crippen molar-refractivity contribution in [1.29, 1.82) is 0 Å². The number of carbonyl (C=O) groups excluding carboxylic acids is 2. The summed E-state index contributed by atoms with van der Waals surface area (Å²) in [6.45, 7) is 4.38. The van der Waals surface area contributed by atoms with E-state index in [1.54, 1.807) is 24.4 Å². The lowest BCUT2D eigenvalue weighted by molar-refractivity contribution is 0.0934. The van der Waals surface area contributed by atoms with Gasteiger partial charge in [0.25, 0.3) is 11.8 Å². The van der Waals surface area contributed by atoms with Crippen LogP contribution in [-0.4, -0.2) is 22.8 Å². The van der Waals surface area contributed by atoms with Crippen LogP contribution in [0.4, 0.5) is 0 Å². The summed E-state index contributed by atoms with van der Waals surface area (Å²) >= 11 is 3.29. The van der Waals surface area contributed by atoms with Crippen molar-refractivity contribution in [2.45, 2.75) is 32.9 Å². The molecule has 0 spiro atoms. The molecule has 0 radical (unpaired) electrons. The van der Waals surface area contributed by atoms with Gasteiger partial charge in [0.15, 0.2) is 0 Å². The molecule has 24 heavy (non-hydrogen) atoms. The molecule has 1 aromatic heterocycles. The number of aromatic nitrogens is 1. The first-order valence-electron chi connectivity index (χ1n) is 7.78. The quantitative estimate of drug-likeness (QED) is 0.795. The van der Waals surface area contributed by atoms with Gasteiger partial charge in [0.2, 0.25) is 0 Å². The molecule has 2 aromatic rings. The van der Waals surface area contributed by atoms with Gasteiger partial charge in [-0.15, -0.1) is 0 Å². The van der Waals surface area contributed by atoms with Crippen LogP contribution in [-0.2, 0) is 6.54 Å². The molecule has 0 saturated heterocycles. The molecule has 1 atom stereocenters. The topological polar surface area (TPSA) is 71.1 Å². The van der Waals surface area contributed by atoms with Crippen molar-refractivity contribution in [2.24, 2.45) is 0 Å². The fourth-order valence-electron chi connectivity index (χ4n) is 2.00. The van der Waals surface area contributed by atoms with E-state index in [-0.39, 0.29) is 17.9 Å². The second kappa shape index (κ2) is 8.59. The third-order valence-electron chi connectivity index (χ3n) is 3.63. The number of rotatable bonds is 6. The molecular formula is C18H20BrN3O2. The molecule has 0 aliphatic heterocycles. The number of halogens is 1. The summed E-state index contributed by atoms with van der Waals surface area (Å²) in [5.74, 6) is -0.275. The Hall–Kier alpha value is -2.21. The summed E-state index contributed by atoms with van der Waals surface area (Å²) in [6, 6.07) is 9.07. The minimum atomic E-state index is -0.192. The predicted molar refractivity (Wildman–Crippen MR) is 96.8 cm³/mol. The smallest absolute Gasteiger partial charge is 0.253 e. The second-order valence-electron chi connectivity index (χ2n) is 5.55. The van der Waals surface area contributed by atoms with Crippen LogP contribution < -0.4 is 10.6 Å². The van der Waals surface area contributed by atoms with Gasteiger partial charge in [-0.25, -0.2) is 0 Å². The van der Waals surface area contributed by atoms with E-state index >= 15 is 0 Å². The Balaban J connectivity index is 1.92. The van der Waals surface area contributed by atoms with Crippen molar-refractivity contribution in [2.75, 3.05) is 0 Å². The molecule has 0 fully saturated rings. The first kappa shape index (κ1) is 18.1. The number of hydrogen-bond donors (Lipinski definition) is 2. The van der Waals surface area contributed by atoms with Gasteiger partial charge in [-0.05, 0) is 53.0 Å². The van der Waals surface area contributed by atoms with Gasteiger partial charge in [0.1, 0.15) is 0 Å². The first-order chi connectivity index (χ1) is 11.5. The number of pyridine rings is 1. The number of nitrogens with one attached hydrogen (secondary N) is 2. The third kappa shape index (κ3) is 5.16. The molecule has 0 bridgehead atoms. The van der Waals surface area contributed by atoms with Gasteiger partial charge in [-0.1, -0.05) is 19.1 Å². The summed E-state index contributed by atoms with van der Waals surface area (Å²) in [4.78, 5) is 28.0. The Morgan fingerprint density at radius 2 is 1.83 bits per heavy atom. The van der Waals surface area contributed by atoms with Crippen LogP contribution >= 0.6 is 15.9 Å². The molecule has 1 aromatic carbocycles. The maximum absolute atomic E-state index is 12.1. The van der Waals surface area contributed by atoms with Crippen LogP contribution in [0.15, 0.2) is 47.2 Å². The Kier molecular flexibility index (Phi) is 6.49. The minimum absolute atomic E-state index is 0.0832. The highest BCUT2D eigenvalue weighted by Crippen LogP contribution is 2.10. The molecule has 126 valence electrons. The SMILES string of the molecule is CCC(C)NC(=O)c1ccc(CNC(=O)c2cncc(Br)c2)cc1. The van der Waals surface area contributed by atoms with Crippen molar-refractivity contribution >= 4 is 27.7 Å². The summed E-state index contributed by atoms with van der Waals surface area (Å²) < 4.78 is 0.756. The second-order valence-corrected chi connectivity index (χ2v) is 6.47. The fourth-order valence-corrected chi connectivity index (χ4v) is 2.37. The Morgan fingerprint density at radius 3 is 2.46 bits per heavy atom. The van der Waals surface area contributed by atoms with Gasteiger partial charge in [-0.3, -0.25) is 14.6 Å². The van der Waals surface area contributed by atoms with Gasteiger partial charge in [0, 0.05) is 35.0 Å². The molecule has 2 rings (SSSR count). The normalized spacial score (nSPS) is 11.6. The van der Waals surface area contributed by atoms with E-state index in [9.17, 15) is 9.59 Å². The van der Waals surface area contributed by atoms with Crippen molar-refractivity contribution in [1.82, 2.24) is 15.6 Å². The van der Waals surface area contributed by atoms with E-state index < -0.39 is 0 Å².